The van der Waals surface area contributed by atoms with Gasteiger partial charge in [0.15, 0.2) is 5.54 Å². The predicted molar refractivity (Wildman–Crippen MR) is 109 cm³/mol. The zero-order valence-electron chi connectivity index (χ0n) is 16.7. The number of ether oxygens (including phenoxy) is 1. The first-order chi connectivity index (χ1) is 13.9. The average molecular weight is 395 g/mol. The normalized spacial score (nSPS) is 16.5. The highest BCUT2D eigenvalue weighted by atomic mass is 16.5. The van der Waals surface area contributed by atoms with Crippen LogP contribution >= 0.6 is 0 Å². The first kappa shape index (κ1) is 18.0. The minimum atomic E-state index is -1.13. The number of anilines is 1. The van der Waals surface area contributed by atoms with Gasteiger partial charge >= 0.3 is 5.97 Å². The van der Waals surface area contributed by atoms with Crippen molar-refractivity contribution >= 4 is 22.7 Å². The van der Waals surface area contributed by atoms with Crippen LogP contribution in [0.5, 0.6) is 5.75 Å². The largest absolute Gasteiger partial charge is 0.491 e. The zero-order valence-corrected chi connectivity index (χ0v) is 16.7. The molecule has 8 heteroatoms. The Balaban J connectivity index is 1.58. The van der Waals surface area contributed by atoms with Crippen molar-refractivity contribution < 1.29 is 14.6 Å². The second-order valence-electron chi connectivity index (χ2n) is 8.49. The van der Waals surface area contributed by atoms with E-state index in [2.05, 4.69) is 27.1 Å². The summed E-state index contributed by atoms with van der Waals surface area (Å²) < 4.78 is 9.67. The number of rotatable bonds is 6. The predicted octanol–water partition coefficient (Wildman–Crippen LogP) is 3.32. The van der Waals surface area contributed by atoms with Gasteiger partial charge in [-0.25, -0.2) is 9.78 Å². The van der Waals surface area contributed by atoms with Crippen LogP contribution in [0.25, 0.3) is 22.4 Å². The van der Waals surface area contributed by atoms with Crippen LogP contribution in [0.2, 0.25) is 0 Å². The van der Waals surface area contributed by atoms with Crippen LogP contribution in [0.4, 0.5) is 5.69 Å². The Morgan fingerprint density at radius 1 is 1.38 bits per heavy atom. The highest BCUT2D eigenvalue weighted by Gasteiger charge is 2.31. The molecule has 0 atom stereocenters. The molecule has 152 valence electrons. The number of carbonyl (C=O) groups is 1. The lowest BCUT2D eigenvalue weighted by Crippen LogP contribution is -2.35. The van der Waals surface area contributed by atoms with Gasteiger partial charge in [0.2, 0.25) is 0 Å². The molecular weight excluding hydrogens is 370 g/mol. The van der Waals surface area contributed by atoms with E-state index in [1.807, 2.05) is 0 Å². The third-order valence-corrected chi connectivity index (χ3v) is 5.82. The monoisotopic (exact) mass is 395 g/mol. The number of benzene rings is 1. The molecular formula is C21H25N5O3. The van der Waals surface area contributed by atoms with Crippen molar-refractivity contribution in [3.8, 4) is 17.1 Å². The fourth-order valence-electron chi connectivity index (χ4n) is 3.71. The van der Waals surface area contributed by atoms with Gasteiger partial charge in [0.1, 0.15) is 17.1 Å². The van der Waals surface area contributed by atoms with Crippen LogP contribution < -0.4 is 10.1 Å². The maximum Gasteiger partial charge on any atom is 0.331 e. The van der Waals surface area contributed by atoms with Crippen molar-refractivity contribution in [1.82, 2.24) is 19.3 Å². The topological polar surface area (TPSA) is 94.2 Å². The Bertz CT molecular complexity index is 1090. The number of imidazole rings is 1. The number of aromatic nitrogens is 4. The fourth-order valence-corrected chi connectivity index (χ4v) is 3.71. The molecule has 1 aliphatic carbocycles. The number of hydrogen-bond acceptors (Lipinski definition) is 5. The van der Waals surface area contributed by atoms with Crippen molar-refractivity contribution in [3.05, 3.63) is 24.5 Å². The van der Waals surface area contributed by atoms with E-state index in [9.17, 15) is 9.90 Å². The minimum Gasteiger partial charge on any atom is -0.491 e. The van der Waals surface area contributed by atoms with Gasteiger partial charge in [-0.1, -0.05) is 0 Å². The van der Waals surface area contributed by atoms with Gasteiger partial charge in [-0.2, -0.15) is 5.10 Å². The van der Waals surface area contributed by atoms with Crippen LogP contribution in [-0.4, -0.2) is 43.6 Å². The average Bonchev–Trinajstić information content (AvgIpc) is 3.31. The molecule has 1 saturated carbocycles. The van der Waals surface area contributed by atoms with Gasteiger partial charge in [-0.3, -0.25) is 4.68 Å². The minimum absolute atomic E-state index is 0.660. The smallest absolute Gasteiger partial charge is 0.331 e. The summed E-state index contributed by atoms with van der Waals surface area (Å²) in [4.78, 5) is 16.5. The zero-order chi connectivity index (χ0) is 20.2. The second kappa shape index (κ2) is 6.50. The van der Waals surface area contributed by atoms with Crippen molar-refractivity contribution in [3.63, 3.8) is 0 Å². The molecule has 1 aliphatic heterocycles. The SMILES string of the molecule is CC(C)(C(=O)O)n1cc(-c2nc3cc(NCC4CC4)cc4c3n2CCCO4)cn1. The van der Waals surface area contributed by atoms with Gasteiger partial charge < -0.3 is 19.7 Å². The number of aliphatic carboxylic acids is 1. The molecule has 2 aliphatic rings. The van der Waals surface area contributed by atoms with Crippen molar-refractivity contribution in [2.24, 2.45) is 5.92 Å². The van der Waals surface area contributed by atoms with Crippen molar-refractivity contribution in [1.29, 1.82) is 0 Å². The quantitative estimate of drug-likeness (QED) is 0.665. The molecule has 0 radical (unpaired) electrons. The summed E-state index contributed by atoms with van der Waals surface area (Å²) in [5, 5.41) is 17.3. The summed E-state index contributed by atoms with van der Waals surface area (Å²) in [6, 6.07) is 4.14. The van der Waals surface area contributed by atoms with E-state index in [-0.39, 0.29) is 0 Å². The summed E-state index contributed by atoms with van der Waals surface area (Å²) >= 11 is 0. The van der Waals surface area contributed by atoms with E-state index in [0.717, 1.165) is 59.3 Å². The molecule has 3 heterocycles. The second-order valence-corrected chi connectivity index (χ2v) is 8.49. The summed E-state index contributed by atoms with van der Waals surface area (Å²) in [7, 11) is 0. The lowest BCUT2D eigenvalue weighted by atomic mass is 10.1. The molecule has 0 amide bonds. The number of carboxylic acids is 1. The van der Waals surface area contributed by atoms with Crippen LogP contribution in [0.3, 0.4) is 0 Å². The maximum absolute atomic E-state index is 11.6. The van der Waals surface area contributed by atoms with Gasteiger partial charge in [0, 0.05) is 31.0 Å². The third kappa shape index (κ3) is 3.12. The Morgan fingerprint density at radius 3 is 2.97 bits per heavy atom. The molecule has 0 spiro atoms. The van der Waals surface area contributed by atoms with Crippen LogP contribution in [0, 0.1) is 5.92 Å². The lowest BCUT2D eigenvalue weighted by molar-refractivity contribution is -0.146. The Morgan fingerprint density at radius 2 is 2.21 bits per heavy atom. The van der Waals surface area contributed by atoms with E-state index < -0.39 is 11.5 Å². The highest BCUT2D eigenvalue weighted by Crippen LogP contribution is 2.37. The molecule has 5 rings (SSSR count). The molecule has 1 aromatic carbocycles. The van der Waals surface area contributed by atoms with Crippen LogP contribution in [0.15, 0.2) is 24.5 Å². The van der Waals surface area contributed by atoms with E-state index in [0.29, 0.717) is 6.61 Å². The van der Waals surface area contributed by atoms with Crippen LogP contribution in [-0.2, 0) is 16.9 Å². The molecule has 8 nitrogen and oxygen atoms in total. The molecule has 0 unspecified atom stereocenters. The molecule has 29 heavy (non-hydrogen) atoms. The van der Waals surface area contributed by atoms with Gasteiger partial charge in [-0.15, -0.1) is 0 Å². The third-order valence-electron chi connectivity index (χ3n) is 5.82. The maximum atomic E-state index is 11.6. The number of hydrogen-bond donors (Lipinski definition) is 2. The number of nitrogens with one attached hydrogen (secondary N) is 1. The molecule has 1 fully saturated rings. The van der Waals surface area contributed by atoms with E-state index in [1.165, 1.54) is 17.5 Å². The summed E-state index contributed by atoms with van der Waals surface area (Å²) in [6.07, 6.45) is 6.93. The number of aryl methyl sites for hydroxylation is 1. The molecule has 2 aromatic heterocycles. The fraction of sp³-hybridized carbons (Fsp3) is 0.476. The van der Waals surface area contributed by atoms with Gasteiger partial charge in [0.05, 0.1) is 23.9 Å². The standard InChI is InChI=1S/C21H25N5O3/c1-21(2,20(27)28)26-12-14(11-23-26)19-24-16-8-15(22-10-13-4-5-13)9-17-18(16)25(19)6-3-7-29-17/h8-9,11-13,22H,3-7,10H2,1-2H3,(H,27,28). The number of carboxylic acid groups (broad SMARTS) is 1. The molecule has 2 N–H and O–H groups in total. The van der Waals surface area contributed by atoms with Crippen LogP contribution in [0.1, 0.15) is 33.1 Å². The van der Waals surface area contributed by atoms with E-state index in [1.54, 1.807) is 26.2 Å². The van der Waals surface area contributed by atoms with Gasteiger partial charge in [0.25, 0.3) is 0 Å². The Labute approximate surface area is 168 Å². The summed E-state index contributed by atoms with van der Waals surface area (Å²) in [6.45, 7) is 5.70. The Hall–Kier alpha value is -3.03. The first-order valence-corrected chi connectivity index (χ1v) is 10.1. The summed E-state index contributed by atoms with van der Waals surface area (Å²) in [5.74, 6) is 1.48. The van der Waals surface area contributed by atoms with E-state index >= 15 is 0 Å². The highest BCUT2D eigenvalue weighted by molar-refractivity contribution is 5.89. The Kier molecular flexibility index (Phi) is 4.04. The van der Waals surface area contributed by atoms with Crippen molar-refractivity contribution in [2.45, 2.75) is 45.2 Å². The lowest BCUT2D eigenvalue weighted by Gasteiger charge is -2.19. The molecule has 0 bridgehead atoms. The van der Waals surface area contributed by atoms with Gasteiger partial charge in [-0.05, 0) is 45.1 Å². The van der Waals surface area contributed by atoms with Crippen molar-refractivity contribution in [2.75, 3.05) is 18.5 Å². The first-order valence-electron chi connectivity index (χ1n) is 10.1. The summed E-state index contributed by atoms with van der Waals surface area (Å²) in [5.41, 5.74) is 2.57. The van der Waals surface area contributed by atoms with E-state index in [4.69, 9.17) is 9.72 Å². The molecule has 3 aromatic rings. The number of nitrogens with zero attached hydrogens (tertiary/aromatic N) is 4. The molecule has 0 saturated heterocycles.